The van der Waals surface area contributed by atoms with Gasteiger partial charge in [-0.15, -0.1) is 12.8 Å². The van der Waals surface area contributed by atoms with E-state index in [2.05, 4.69) is 11.8 Å². The smallest absolute Gasteiger partial charge is 0.0466 e. The summed E-state index contributed by atoms with van der Waals surface area (Å²) >= 11 is 12.5. The minimum atomic E-state index is 0.0216. The maximum atomic E-state index is 6.23. The van der Waals surface area contributed by atoms with Crippen LogP contribution in [-0.2, 0) is 4.74 Å². The van der Waals surface area contributed by atoms with E-state index < -0.39 is 0 Å². The van der Waals surface area contributed by atoms with Crippen LogP contribution in [0.2, 0.25) is 10.0 Å². The molecule has 0 radical (unpaired) electrons. The number of ether oxygens (including phenoxy) is 1. The summed E-state index contributed by atoms with van der Waals surface area (Å²) in [5.74, 6) is 5.71. The summed E-state index contributed by atoms with van der Waals surface area (Å²) in [6.07, 6.45) is 14.8. The summed E-state index contributed by atoms with van der Waals surface area (Å²) in [6, 6.07) is 15.5. The molecule has 2 aromatic carbocycles. The first-order valence-corrected chi connectivity index (χ1v) is 9.91. The van der Waals surface area contributed by atoms with Crippen molar-refractivity contribution in [3.63, 3.8) is 0 Å². The molecule has 0 bridgehead atoms. The first-order chi connectivity index (χ1) is 13.2. The lowest BCUT2D eigenvalue weighted by Crippen LogP contribution is -2.04. The number of benzene rings is 2. The Kier molecular flexibility index (Phi) is 9.30. The molecule has 0 N–H and O–H groups in total. The third-order valence-corrected chi connectivity index (χ3v) is 5.22. The van der Waals surface area contributed by atoms with Gasteiger partial charge >= 0.3 is 0 Å². The molecule has 0 heterocycles. The minimum Gasteiger partial charge on any atom is -0.381 e. The zero-order valence-electron chi connectivity index (χ0n) is 15.3. The molecule has 0 aromatic heterocycles. The lowest BCUT2D eigenvalue weighted by molar-refractivity contribution is 0.125. The molecule has 2 atom stereocenters. The van der Waals surface area contributed by atoms with Gasteiger partial charge in [-0.25, -0.2) is 0 Å². The van der Waals surface area contributed by atoms with Crippen molar-refractivity contribution in [2.45, 2.75) is 37.5 Å². The van der Waals surface area contributed by atoms with Gasteiger partial charge in [0.1, 0.15) is 0 Å². The van der Waals surface area contributed by atoms with Crippen molar-refractivity contribution in [3.8, 4) is 24.7 Å². The Morgan fingerprint density at radius 1 is 0.741 bits per heavy atom. The lowest BCUT2D eigenvalue weighted by Gasteiger charge is -2.14. The second kappa shape index (κ2) is 11.7. The van der Waals surface area contributed by atoms with Crippen molar-refractivity contribution in [1.82, 2.24) is 0 Å². The van der Waals surface area contributed by atoms with Crippen LogP contribution < -0.4 is 0 Å². The largest absolute Gasteiger partial charge is 0.381 e. The van der Waals surface area contributed by atoms with E-state index in [4.69, 9.17) is 40.8 Å². The van der Waals surface area contributed by atoms with Crippen molar-refractivity contribution >= 4 is 23.2 Å². The second-order valence-electron chi connectivity index (χ2n) is 6.38. The highest BCUT2D eigenvalue weighted by molar-refractivity contribution is 6.31. The van der Waals surface area contributed by atoms with Gasteiger partial charge in [-0.05, 0) is 48.9 Å². The van der Waals surface area contributed by atoms with Gasteiger partial charge in [0.25, 0.3) is 0 Å². The summed E-state index contributed by atoms with van der Waals surface area (Å²) in [4.78, 5) is 0. The summed E-state index contributed by atoms with van der Waals surface area (Å²) in [5, 5.41) is 1.45. The fourth-order valence-corrected chi connectivity index (χ4v) is 3.59. The monoisotopic (exact) mass is 398 g/mol. The molecule has 0 saturated carbocycles. The third kappa shape index (κ3) is 6.64. The molecular formula is C24H24Cl2O. The van der Waals surface area contributed by atoms with Crippen molar-refractivity contribution in [1.29, 1.82) is 0 Å². The molecule has 0 spiro atoms. The average Bonchev–Trinajstić information content (AvgIpc) is 2.69. The maximum absolute atomic E-state index is 6.23. The molecule has 0 aliphatic heterocycles. The Morgan fingerprint density at radius 2 is 1.15 bits per heavy atom. The van der Waals surface area contributed by atoms with Crippen LogP contribution in [0.25, 0.3) is 0 Å². The number of rotatable bonds is 10. The van der Waals surface area contributed by atoms with Gasteiger partial charge in [-0.2, -0.15) is 0 Å². The highest BCUT2D eigenvalue weighted by Gasteiger charge is 2.12. The Hall–Kier alpha value is -1.90. The van der Waals surface area contributed by atoms with Gasteiger partial charge < -0.3 is 4.74 Å². The molecule has 2 rings (SSSR count). The van der Waals surface area contributed by atoms with E-state index in [9.17, 15) is 0 Å². The van der Waals surface area contributed by atoms with Gasteiger partial charge in [-0.1, -0.05) is 71.4 Å². The van der Waals surface area contributed by atoms with Crippen LogP contribution in [0.3, 0.4) is 0 Å². The Bertz CT molecular complexity index is 733. The molecule has 0 aliphatic carbocycles. The predicted octanol–water partition coefficient (Wildman–Crippen LogP) is 6.70. The zero-order valence-corrected chi connectivity index (χ0v) is 16.8. The predicted molar refractivity (Wildman–Crippen MR) is 115 cm³/mol. The van der Waals surface area contributed by atoms with E-state index >= 15 is 0 Å². The molecule has 2 unspecified atom stereocenters. The van der Waals surface area contributed by atoms with Crippen LogP contribution in [0.5, 0.6) is 0 Å². The molecular weight excluding hydrogens is 375 g/mol. The van der Waals surface area contributed by atoms with Crippen LogP contribution in [0.15, 0.2) is 48.5 Å². The summed E-state index contributed by atoms with van der Waals surface area (Å²) in [7, 11) is 0. The van der Waals surface area contributed by atoms with Crippen LogP contribution in [-0.4, -0.2) is 13.2 Å². The molecule has 0 saturated heterocycles. The summed E-state index contributed by atoms with van der Waals surface area (Å²) in [6.45, 7) is 1.35. The van der Waals surface area contributed by atoms with Gasteiger partial charge in [-0.3, -0.25) is 0 Å². The number of hydrogen-bond donors (Lipinski definition) is 0. The van der Waals surface area contributed by atoms with Crippen molar-refractivity contribution in [2.75, 3.05) is 13.2 Å². The van der Waals surface area contributed by atoms with E-state index in [1.54, 1.807) is 0 Å². The van der Waals surface area contributed by atoms with E-state index in [1.165, 1.54) is 0 Å². The topological polar surface area (TPSA) is 9.23 Å². The van der Waals surface area contributed by atoms with Crippen molar-refractivity contribution in [2.24, 2.45) is 0 Å². The van der Waals surface area contributed by atoms with Crippen molar-refractivity contribution in [3.05, 3.63) is 69.7 Å². The summed E-state index contributed by atoms with van der Waals surface area (Å²) < 4.78 is 5.75. The minimum absolute atomic E-state index is 0.0216. The SMILES string of the molecule is C#CC(CCCOCCCC(C#C)c1ccccc1Cl)c1ccccc1Cl. The Labute approximate surface area is 173 Å². The normalized spacial score (nSPS) is 12.7. The number of halogens is 2. The van der Waals surface area contributed by atoms with E-state index in [0.717, 1.165) is 46.9 Å². The lowest BCUT2D eigenvalue weighted by atomic mass is 9.95. The van der Waals surface area contributed by atoms with Crippen molar-refractivity contribution < 1.29 is 4.74 Å². The van der Waals surface area contributed by atoms with E-state index in [1.807, 2.05) is 48.5 Å². The van der Waals surface area contributed by atoms with Crippen LogP contribution in [0.4, 0.5) is 0 Å². The highest BCUT2D eigenvalue weighted by atomic mass is 35.5. The van der Waals surface area contributed by atoms with Gasteiger partial charge in [0.2, 0.25) is 0 Å². The first kappa shape index (κ1) is 21.4. The molecule has 0 amide bonds. The Morgan fingerprint density at radius 3 is 1.52 bits per heavy atom. The Balaban J connectivity index is 1.67. The first-order valence-electron chi connectivity index (χ1n) is 9.16. The summed E-state index contributed by atoms with van der Waals surface area (Å²) in [5.41, 5.74) is 2.02. The fraction of sp³-hybridized carbons (Fsp3) is 0.333. The average molecular weight is 399 g/mol. The molecule has 27 heavy (non-hydrogen) atoms. The third-order valence-electron chi connectivity index (χ3n) is 4.53. The van der Waals surface area contributed by atoms with Gasteiger partial charge in [0.05, 0.1) is 0 Å². The van der Waals surface area contributed by atoms with Crippen LogP contribution in [0.1, 0.15) is 48.6 Å². The maximum Gasteiger partial charge on any atom is 0.0466 e. The van der Waals surface area contributed by atoms with Crippen LogP contribution in [0, 0.1) is 24.7 Å². The molecule has 3 heteroatoms. The second-order valence-corrected chi connectivity index (χ2v) is 7.19. The van der Waals surface area contributed by atoms with E-state index in [-0.39, 0.29) is 11.8 Å². The van der Waals surface area contributed by atoms with Gasteiger partial charge in [0.15, 0.2) is 0 Å². The standard InChI is InChI=1S/C24H24Cl2O/c1-3-19(21-13-5-7-15-23(21)25)11-9-17-27-18-10-12-20(4-2)22-14-6-8-16-24(22)26/h1-2,5-8,13-16,19-20H,9-12,17-18H2. The van der Waals surface area contributed by atoms with Gasteiger partial charge in [0, 0.05) is 35.1 Å². The highest BCUT2D eigenvalue weighted by Crippen LogP contribution is 2.28. The molecule has 1 nitrogen and oxygen atoms in total. The molecule has 0 aliphatic rings. The number of terminal acetylenes is 2. The number of hydrogen-bond acceptors (Lipinski definition) is 1. The molecule has 0 fully saturated rings. The zero-order chi connectivity index (χ0) is 19.5. The fourth-order valence-electron chi connectivity index (χ4n) is 3.05. The van der Waals surface area contributed by atoms with Crippen LogP contribution >= 0.6 is 23.2 Å². The molecule has 2 aromatic rings. The molecule has 140 valence electrons. The quantitative estimate of drug-likeness (QED) is 0.319. The van der Waals surface area contributed by atoms with E-state index in [0.29, 0.717) is 13.2 Å².